The summed E-state index contributed by atoms with van der Waals surface area (Å²) in [6.45, 7) is 15.2. The molecule has 2 N–H and O–H groups in total. The van der Waals surface area contributed by atoms with Crippen LogP contribution in [0.15, 0.2) is 41.9 Å². The summed E-state index contributed by atoms with van der Waals surface area (Å²) in [5, 5.41) is 8.76. The molecule has 4 aliphatic heterocycles. The molecule has 7 atom stereocenters. The Kier molecular flexibility index (Phi) is 13.3. The van der Waals surface area contributed by atoms with E-state index in [1.807, 2.05) is 19.2 Å². The van der Waals surface area contributed by atoms with Crippen LogP contribution in [0.3, 0.4) is 0 Å². The number of esters is 1. The number of carbonyl (C=O) groups excluding carboxylic acids is 3. The van der Waals surface area contributed by atoms with Gasteiger partial charge in [-0.25, -0.2) is 10.4 Å². The number of hydrazine groups is 1. The largest absolute Gasteiger partial charge is 0.464 e. The monoisotopic (exact) mass is 895 g/mol. The van der Waals surface area contributed by atoms with Crippen LogP contribution in [-0.2, 0) is 46.3 Å². The third-order valence-electron chi connectivity index (χ3n) is 14.4. The molecule has 1 aromatic carbocycles. The van der Waals surface area contributed by atoms with Gasteiger partial charge in [-0.1, -0.05) is 33.8 Å². The van der Waals surface area contributed by atoms with E-state index >= 15 is 0 Å². The molecule has 15 heteroatoms. The molecular weight excluding hydrogens is 831 g/mol. The zero-order valence-electron chi connectivity index (χ0n) is 38.3. The Hall–Kier alpha value is -4.25. The number of benzene rings is 1. The van der Waals surface area contributed by atoms with Crippen molar-refractivity contribution in [1.29, 1.82) is 0 Å². The lowest BCUT2D eigenvalue weighted by molar-refractivity contribution is -0.156. The molecule has 0 spiro atoms. The molecule has 3 aromatic heterocycles. The van der Waals surface area contributed by atoms with E-state index in [1.54, 1.807) is 12.1 Å². The average molecular weight is 896 g/mol. The molecule has 4 fully saturated rings. The summed E-state index contributed by atoms with van der Waals surface area (Å²) in [4.78, 5) is 55.6. The van der Waals surface area contributed by atoms with Gasteiger partial charge in [0, 0.05) is 78.4 Å². The maximum absolute atomic E-state index is 14.9. The van der Waals surface area contributed by atoms with Crippen molar-refractivity contribution in [3.8, 4) is 22.5 Å². The summed E-state index contributed by atoms with van der Waals surface area (Å²) in [5.41, 5.74) is 9.56. The number of hydrogen-bond donors (Lipinski definition) is 2. The molecule has 14 nitrogen and oxygen atoms in total. The molecule has 64 heavy (non-hydrogen) atoms. The Morgan fingerprint density at radius 3 is 2.59 bits per heavy atom. The number of amides is 2. The summed E-state index contributed by atoms with van der Waals surface area (Å²) >= 11 is 1.53. The van der Waals surface area contributed by atoms with Gasteiger partial charge in [0.25, 0.3) is 5.91 Å². The number of cyclic esters (lactones) is 1. The number of methoxy groups -OCH3 is 1. The fourth-order valence-electron chi connectivity index (χ4n) is 10.4. The average Bonchev–Trinajstić information content (AvgIpc) is 3.81. The number of fused-ring (bicyclic) bond motifs is 6. The van der Waals surface area contributed by atoms with Crippen molar-refractivity contribution in [2.75, 3.05) is 53.2 Å². The number of ether oxygens (including phenoxy) is 4. The Morgan fingerprint density at radius 1 is 1.06 bits per heavy atom. The van der Waals surface area contributed by atoms with Gasteiger partial charge >= 0.3 is 5.97 Å². The van der Waals surface area contributed by atoms with Crippen LogP contribution in [-0.4, -0.2) is 114 Å². The van der Waals surface area contributed by atoms with Crippen LogP contribution in [0, 0.1) is 23.2 Å². The number of nitrogens with zero attached hydrogens (tertiary/aromatic N) is 5. The van der Waals surface area contributed by atoms with E-state index in [0.717, 1.165) is 88.5 Å². The van der Waals surface area contributed by atoms with Crippen LogP contribution in [0.25, 0.3) is 33.4 Å². The normalized spacial score (nSPS) is 27.3. The number of nitrogens with one attached hydrogen (secondary N) is 2. The van der Waals surface area contributed by atoms with E-state index in [-0.39, 0.29) is 48.4 Å². The van der Waals surface area contributed by atoms with E-state index in [4.69, 9.17) is 28.9 Å². The number of carbonyl (C=O) groups is 3. The third-order valence-corrected chi connectivity index (χ3v) is 15.4. The topological polar surface area (TPSA) is 149 Å². The number of hydrogen-bond acceptors (Lipinski definition) is 12. The lowest BCUT2D eigenvalue weighted by Crippen LogP contribution is -2.62. The zero-order valence-corrected chi connectivity index (χ0v) is 39.1. The van der Waals surface area contributed by atoms with E-state index in [0.29, 0.717) is 52.2 Å². The molecule has 1 aliphatic carbocycles. The third kappa shape index (κ3) is 9.13. The second-order valence-electron chi connectivity index (χ2n) is 19.5. The molecule has 9 rings (SSSR count). The van der Waals surface area contributed by atoms with Crippen molar-refractivity contribution in [2.45, 2.75) is 116 Å². The number of aromatic nitrogens is 3. The second-order valence-corrected chi connectivity index (χ2v) is 20.3. The lowest BCUT2D eigenvalue weighted by Gasteiger charge is -2.39. The SMILES string of the molecule is CO[C@@H](C)c1ncccc1-c1c2c3cc(ccc3n1CCOC1CCOCC1)-c1csc(n1)[C@@H](N1CCCC1)[C@H](NC(=O)C1[C@@H](C)[C@H]1C)C(=O)N1CCC[C@H](N1)C(=O)OCC(C)(C)C2. The van der Waals surface area contributed by atoms with E-state index < -0.39 is 29.5 Å². The van der Waals surface area contributed by atoms with Crippen LogP contribution in [0.4, 0.5) is 0 Å². The Balaban J connectivity index is 1.20. The fourth-order valence-corrected chi connectivity index (χ4v) is 11.4. The van der Waals surface area contributed by atoms with Crippen LogP contribution in [0.2, 0.25) is 0 Å². The summed E-state index contributed by atoms with van der Waals surface area (Å²) in [6.07, 6.45) is 7.16. The molecule has 0 radical (unpaired) electrons. The minimum atomic E-state index is -0.915. The van der Waals surface area contributed by atoms with Gasteiger partial charge in [-0.3, -0.25) is 29.3 Å². The number of likely N-dealkylation sites (tertiary alicyclic amines) is 1. The van der Waals surface area contributed by atoms with Crippen molar-refractivity contribution in [1.82, 2.24) is 35.2 Å². The lowest BCUT2D eigenvalue weighted by atomic mass is 9.84. The molecule has 344 valence electrons. The van der Waals surface area contributed by atoms with Crippen molar-refractivity contribution >= 4 is 40.0 Å². The van der Waals surface area contributed by atoms with Crippen LogP contribution in [0.5, 0.6) is 0 Å². The van der Waals surface area contributed by atoms with Gasteiger partial charge in [0.15, 0.2) is 0 Å². The summed E-state index contributed by atoms with van der Waals surface area (Å²) in [5.74, 6) is -0.438. The second kappa shape index (κ2) is 18.9. The standard InChI is InChI=1S/C49H65N7O7S/c1-29-30(2)40(29)45(57)52-42-44(54-18-7-8-19-54)46-51-38(27-64-46)32-13-14-39-35(25-32)36(26-49(4,5)28-63-48(59)37-12-10-20-56(53-37)47(42)58)43(34-11-9-17-50-41(34)31(3)60-6)55(39)21-24-62-33-15-22-61-23-16-33/h9,11,13-14,17,25,27,29-31,33,37,40,42,44,53H,7-8,10,12,15-16,18-24,26,28H2,1-6H3,(H,52,57)/t29-,30+,31-,37-,40?,42-,44-/m0/s1. The highest BCUT2D eigenvalue weighted by molar-refractivity contribution is 7.10. The van der Waals surface area contributed by atoms with Gasteiger partial charge in [0.05, 0.1) is 48.5 Å². The first kappa shape index (κ1) is 44.9. The molecule has 5 aliphatic rings. The molecular formula is C49H65N7O7S. The first-order valence-electron chi connectivity index (χ1n) is 23.5. The first-order chi connectivity index (χ1) is 30.9. The van der Waals surface area contributed by atoms with Crippen molar-refractivity contribution in [3.05, 3.63) is 58.2 Å². The summed E-state index contributed by atoms with van der Waals surface area (Å²) in [6, 6.07) is 8.56. The highest BCUT2D eigenvalue weighted by Gasteiger charge is 2.51. The molecule has 1 saturated carbocycles. The quantitative estimate of drug-likeness (QED) is 0.161. The molecule has 6 bridgehead atoms. The van der Waals surface area contributed by atoms with Gasteiger partial charge < -0.3 is 28.8 Å². The van der Waals surface area contributed by atoms with E-state index in [1.165, 1.54) is 11.3 Å². The predicted molar refractivity (Wildman–Crippen MR) is 245 cm³/mol. The maximum atomic E-state index is 14.9. The van der Waals surface area contributed by atoms with Crippen molar-refractivity contribution in [3.63, 3.8) is 0 Å². The Labute approximate surface area is 380 Å². The van der Waals surface area contributed by atoms with Crippen molar-refractivity contribution < 1.29 is 33.3 Å². The van der Waals surface area contributed by atoms with Gasteiger partial charge in [-0.05, 0) is 107 Å². The first-order valence-corrected chi connectivity index (χ1v) is 24.4. The van der Waals surface area contributed by atoms with Gasteiger partial charge in [0.1, 0.15) is 17.1 Å². The maximum Gasteiger partial charge on any atom is 0.324 e. The predicted octanol–water partition coefficient (Wildman–Crippen LogP) is 6.87. The zero-order chi connectivity index (χ0) is 44.7. The Morgan fingerprint density at radius 2 is 1.84 bits per heavy atom. The van der Waals surface area contributed by atoms with Gasteiger partial charge in [-0.15, -0.1) is 11.3 Å². The Bertz CT molecular complexity index is 2330. The van der Waals surface area contributed by atoms with Crippen LogP contribution < -0.4 is 10.7 Å². The minimum Gasteiger partial charge on any atom is -0.464 e. The summed E-state index contributed by atoms with van der Waals surface area (Å²) in [7, 11) is 1.71. The highest BCUT2D eigenvalue weighted by atomic mass is 32.1. The molecule has 3 saturated heterocycles. The molecule has 7 heterocycles. The minimum absolute atomic E-state index is 0.107. The molecule has 1 unspecified atom stereocenters. The molecule has 2 amide bonds. The fraction of sp³-hybridized carbons (Fsp3) is 0.612. The van der Waals surface area contributed by atoms with E-state index in [9.17, 15) is 14.4 Å². The number of pyridine rings is 1. The smallest absolute Gasteiger partial charge is 0.324 e. The van der Waals surface area contributed by atoms with E-state index in [2.05, 4.69) is 77.6 Å². The van der Waals surface area contributed by atoms with Gasteiger partial charge in [0.2, 0.25) is 5.91 Å². The highest BCUT2D eigenvalue weighted by Crippen LogP contribution is 2.46. The van der Waals surface area contributed by atoms with Crippen LogP contribution >= 0.6 is 11.3 Å². The molecule has 4 aromatic rings. The van der Waals surface area contributed by atoms with Gasteiger partial charge in [-0.2, -0.15) is 0 Å². The number of thiazole rings is 1. The number of rotatable bonds is 10. The van der Waals surface area contributed by atoms with Crippen molar-refractivity contribution in [2.24, 2.45) is 23.2 Å². The summed E-state index contributed by atoms with van der Waals surface area (Å²) < 4.78 is 26.7. The van der Waals surface area contributed by atoms with Crippen LogP contribution in [0.1, 0.15) is 102 Å².